The number of benzene rings is 3. The van der Waals surface area contributed by atoms with E-state index in [0.29, 0.717) is 5.56 Å². The Hall–Kier alpha value is -5.51. The molecule has 4 aliphatic rings. The molecule has 7 rings (SSSR count). The number of aliphatic hydroxyl groups excluding tert-OH is 9. The van der Waals surface area contributed by atoms with Gasteiger partial charge < -0.3 is 109 Å². The molecule has 3 saturated heterocycles. The number of phenolic OH excluding ortho intramolecular Hbond substituents is 4. The van der Waals surface area contributed by atoms with Crippen LogP contribution in [-0.2, 0) is 33.2 Å². The zero-order valence-corrected chi connectivity index (χ0v) is 34.9. The minimum atomic E-state index is -1.96. The second-order valence-corrected chi connectivity index (χ2v) is 15.8. The molecule has 66 heavy (non-hydrogen) atoms. The Kier molecular flexibility index (Phi) is 14.8. The van der Waals surface area contributed by atoms with Gasteiger partial charge in [0.2, 0.25) is 12.6 Å². The number of carbonyl (C=O) groups is 1. The number of ether oxygens (including phenoxy) is 9. The van der Waals surface area contributed by atoms with Crippen LogP contribution in [0.5, 0.6) is 40.2 Å². The molecule has 4 aliphatic heterocycles. The summed E-state index contributed by atoms with van der Waals surface area (Å²) in [4.78, 5) is 12.6. The highest BCUT2D eigenvalue weighted by atomic mass is 16.7. The summed E-state index contributed by atoms with van der Waals surface area (Å²) in [5.74, 6) is -2.87. The first-order valence-electron chi connectivity index (χ1n) is 20.4. The first-order valence-corrected chi connectivity index (χ1v) is 20.4. The number of aromatic hydroxyl groups is 4. The number of hydrogen-bond donors (Lipinski definition) is 13. The molecule has 1 unspecified atom stereocenters. The third-order valence-corrected chi connectivity index (χ3v) is 11.3. The smallest absolute Gasteiger partial charge is 0.331 e. The van der Waals surface area contributed by atoms with Crippen molar-refractivity contribution in [1.82, 2.24) is 0 Å². The topological polar surface area (TPSA) is 363 Å². The Morgan fingerprint density at radius 3 is 2.02 bits per heavy atom. The monoisotopic (exact) mass is 934 g/mol. The zero-order valence-electron chi connectivity index (χ0n) is 34.9. The fraction of sp³-hybridized carbons (Fsp3) is 0.465. The molecule has 0 saturated carbocycles. The lowest BCUT2D eigenvalue weighted by Crippen LogP contribution is -2.61. The van der Waals surface area contributed by atoms with Gasteiger partial charge >= 0.3 is 5.97 Å². The lowest BCUT2D eigenvalue weighted by atomic mass is 9.98. The highest BCUT2D eigenvalue weighted by Crippen LogP contribution is 2.47. The van der Waals surface area contributed by atoms with Crippen LogP contribution < -0.4 is 14.2 Å². The van der Waals surface area contributed by atoms with E-state index in [2.05, 4.69) is 0 Å². The Morgan fingerprint density at radius 1 is 0.682 bits per heavy atom. The van der Waals surface area contributed by atoms with E-state index in [1.54, 1.807) is 0 Å². The van der Waals surface area contributed by atoms with E-state index in [0.717, 1.165) is 12.1 Å². The lowest BCUT2D eigenvalue weighted by Gasteiger charge is -2.43. The second-order valence-electron chi connectivity index (χ2n) is 15.8. The van der Waals surface area contributed by atoms with Gasteiger partial charge in [0.05, 0.1) is 32.0 Å². The molecule has 0 radical (unpaired) electrons. The van der Waals surface area contributed by atoms with Crippen LogP contribution in [0.1, 0.15) is 29.7 Å². The van der Waals surface area contributed by atoms with E-state index >= 15 is 0 Å². The van der Waals surface area contributed by atoms with Crippen molar-refractivity contribution in [3.63, 3.8) is 0 Å². The Morgan fingerprint density at radius 2 is 1.33 bits per heavy atom. The van der Waals surface area contributed by atoms with Crippen molar-refractivity contribution >= 4 is 18.1 Å². The molecule has 23 nitrogen and oxygen atoms in total. The summed E-state index contributed by atoms with van der Waals surface area (Å²) in [6, 6.07) is 10.2. The largest absolute Gasteiger partial charge is 0.508 e. The Labute approximate surface area is 374 Å². The molecule has 0 bridgehead atoms. The van der Waals surface area contributed by atoms with Crippen molar-refractivity contribution in [3.05, 3.63) is 77.1 Å². The van der Waals surface area contributed by atoms with E-state index in [1.165, 1.54) is 68.7 Å². The number of phenols is 4. The minimum Gasteiger partial charge on any atom is -0.508 e. The maximum absolute atomic E-state index is 12.6. The second kappa shape index (κ2) is 20.2. The number of carbonyl (C=O) groups excluding carboxylic acids is 1. The zero-order chi connectivity index (χ0) is 47.7. The van der Waals surface area contributed by atoms with E-state index in [4.69, 9.17) is 42.6 Å². The molecule has 3 aromatic carbocycles. The van der Waals surface area contributed by atoms with Gasteiger partial charge in [-0.15, -0.1) is 0 Å². The SMILES string of the molecule is COc1cc(C2Oc3cc(O)cc(O[C@@H]4O[C@@H](CO)[C@H](O)[C@H](O)[C@H]4O)c3C=C2O[C@@H]2O[C@H](CO[C@@H]3O[C@H](C)[C@H](OC(=O)/C=C/c4ccc(O)c(O)c4)[C@H](O)[C@H]3O)[C@H](O)[C@H](O)[C@@H]2O)ccc1O. The normalized spacial score (nSPS) is 34.4. The van der Waals surface area contributed by atoms with Crippen LogP contribution >= 0.6 is 0 Å². The number of aliphatic hydroxyl groups is 9. The molecule has 16 atom stereocenters. The Balaban J connectivity index is 1.09. The van der Waals surface area contributed by atoms with E-state index in [9.17, 15) is 71.2 Å². The van der Waals surface area contributed by atoms with Gasteiger partial charge in [-0.1, -0.05) is 12.1 Å². The highest BCUT2D eigenvalue weighted by Gasteiger charge is 2.50. The average molecular weight is 935 g/mol. The van der Waals surface area contributed by atoms with Crippen LogP contribution in [0.15, 0.2) is 60.4 Å². The molecule has 0 aliphatic carbocycles. The van der Waals surface area contributed by atoms with Gasteiger partial charge in [-0.2, -0.15) is 0 Å². The fourth-order valence-corrected chi connectivity index (χ4v) is 7.57. The van der Waals surface area contributed by atoms with Crippen LogP contribution in [0, 0.1) is 0 Å². The van der Waals surface area contributed by atoms with Gasteiger partial charge in [0.25, 0.3) is 0 Å². The third-order valence-electron chi connectivity index (χ3n) is 11.3. The summed E-state index contributed by atoms with van der Waals surface area (Å²) in [5, 5.41) is 136. The maximum atomic E-state index is 12.6. The van der Waals surface area contributed by atoms with Crippen LogP contribution in [0.3, 0.4) is 0 Å². The summed E-state index contributed by atoms with van der Waals surface area (Å²) >= 11 is 0. The molecule has 23 heteroatoms. The first-order chi connectivity index (χ1) is 31.4. The molecule has 3 aromatic rings. The summed E-state index contributed by atoms with van der Waals surface area (Å²) in [7, 11) is 1.30. The predicted octanol–water partition coefficient (Wildman–Crippen LogP) is -1.90. The van der Waals surface area contributed by atoms with Crippen molar-refractivity contribution in [3.8, 4) is 40.2 Å². The van der Waals surface area contributed by atoms with Gasteiger partial charge in [0, 0.05) is 23.8 Å². The summed E-state index contributed by atoms with van der Waals surface area (Å²) < 4.78 is 51.7. The standard InChI is InChI=1S/C43H50O23/c1-16-39(66-30(49)8-4-17-3-6-21(46)23(48)9-17)35(54)38(57)41(60-16)59-15-29-32(51)34(53)37(56)43(65-29)63-27-13-20-24(61-40(27)18-5-7-22(47)26(10-18)58-2)11-19(45)12-25(20)62-42-36(55)33(52)31(50)28(14-44)64-42/h3-13,16,28-29,31-48,50-57H,14-15H2,1-2H3/b8-4+/t16-,28+,29-,31+,32+,33+,34+,35-,36-,37+,38-,39+,40?,41-,42-,43-/m1/s1. The van der Waals surface area contributed by atoms with Gasteiger partial charge in [0.15, 0.2) is 41.5 Å². The average Bonchev–Trinajstić information content (AvgIpc) is 3.29. The van der Waals surface area contributed by atoms with Gasteiger partial charge in [0.1, 0.15) is 84.0 Å². The molecule has 0 aromatic heterocycles. The van der Waals surface area contributed by atoms with Crippen molar-refractivity contribution in [2.45, 2.75) is 105 Å². The van der Waals surface area contributed by atoms with Crippen molar-refractivity contribution < 1.29 is 114 Å². The van der Waals surface area contributed by atoms with Gasteiger partial charge in [-0.25, -0.2) is 4.79 Å². The quantitative estimate of drug-likeness (QED) is 0.0506. The third kappa shape index (κ3) is 10.1. The molecule has 4 heterocycles. The van der Waals surface area contributed by atoms with E-state index in [-0.39, 0.29) is 45.6 Å². The molecular formula is C43H50O23. The first kappa shape index (κ1) is 48.4. The fourth-order valence-electron chi connectivity index (χ4n) is 7.57. The molecular weight excluding hydrogens is 884 g/mol. The minimum absolute atomic E-state index is 0.00823. The number of rotatable bonds is 13. The Bertz CT molecular complexity index is 2250. The van der Waals surface area contributed by atoms with Crippen LogP contribution in [0.25, 0.3) is 12.2 Å². The van der Waals surface area contributed by atoms with Crippen LogP contribution in [0.4, 0.5) is 0 Å². The predicted molar refractivity (Wildman–Crippen MR) is 217 cm³/mol. The maximum Gasteiger partial charge on any atom is 0.331 e. The number of fused-ring (bicyclic) bond motifs is 1. The lowest BCUT2D eigenvalue weighted by molar-refractivity contribution is -0.325. The van der Waals surface area contributed by atoms with Crippen LogP contribution in [0.2, 0.25) is 0 Å². The van der Waals surface area contributed by atoms with Gasteiger partial charge in [-0.05, 0) is 48.9 Å². The van der Waals surface area contributed by atoms with Crippen molar-refractivity contribution in [2.24, 2.45) is 0 Å². The van der Waals surface area contributed by atoms with E-state index < -0.39 is 129 Å². The van der Waals surface area contributed by atoms with Crippen LogP contribution in [-0.4, -0.2) is 185 Å². The highest BCUT2D eigenvalue weighted by molar-refractivity contribution is 5.87. The number of methoxy groups -OCH3 is 1. The number of hydrogen-bond acceptors (Lipinski definition) is 23. The number of esters is 1. The molecule has 3 fully saturated rings. The summed E-state index contributed by atoms with van der Waals surface area (Å²) in [6.45, 7) is -0.00517. The van der Waals surface area contributed by atoms with Crippen molar-refractivity contribution in [1.29, 1.82) is 0 Å². The summed E-state index contributed by atoms with van der Waals surface area (Å²) in [6.07, 6.45) is -23.0. The van der Waals surface area contributed by atoms with Crippen molar-refractivity contribution in [2.75, 3.05) is 20.3 Å². The summed E-state index contributed by atoms with van der Waals surface area (Å²) in [5.41, 5.74) is 0.616. The molecule has 360 valence electrons. The molecule has 0 spiro atoms. The molecule has 0 amide bonds. The van der Waals surface area contributed by atoms with E-state index in [1.807, 2.05) is 0 Å². The molecule has 13 N–H and O–H groups in total. The van der Waals surface area contributed by atoms with Gasteiger partial charge in [-0.3, -0.25) is 0 Å².